The minimum absolute atomic E-state index is 0.347. The molecule has 122 valence electrons. The molecule has 0 aliphatic carbocycles. The highest BCUT2D eigenvalue weighted by molar-refractivity contribution is 9.10. The van der Waals surface area contributed by atoms with E-state index in [-0.39, 0.29) is 5.97 Å². The maximum Gasteiger partial charge on any atom is 0.307 e. The van der Waals surface area contributed by atoms with Crippen LogP contribution in [0.3, 0.4) is 0 Å². The summed E-state index contributed by atoms with van der Waals surface area (Å²) in [6.07, 6.45) is 1.40. The molecule has 24 heavy (non-hydrogen) atoms. The van der Waals surface area contributed by atoms with E-state index in [2.05, 4.69) is 26.2 Å². The van der Waals surface area contributed by atoms with Crippen LogP contribution in [0.25, 0.3) is 0 Å². The minimum atomic E-state index is -0.375. The van der Waals surface area contributed by atoms with Crippen LogP contribution < -0.4 is 5.32 Å². The number of halogens is 2. The number of ether oxygens (including phenoxy) is 1. The van der Waals surface area contributed by atoms with Crippen molar-refractivity contribution < 1.29 is 9.53 Å². The molecule has 2 aromatic rings. The molecule has 0 saturated carbocycles. The number of aliphatic imine (C=N–C) groups is 1. The molecule has 0 aromatic heterocycles. The van der Waals surface area contributed by atoms with Crippen LogP contribution >= 0.6 is 27.5 Å². The number of hydrogen-bond donors (Lipinski definition) is 1. The molecule has 2 aromatic carbocycles. The lowest BCUT2D eigenvalue weighted by Gasteiger charge is -2.12. The number of nitrogens with zero attached hydrogens (tertiary/aromatic N) is 1. The van der Waals surface area contributed by atoms with Gasteiger partial charge in [-0.2, -0.15) is 0 Å². The SMILES string of the molecule is CC(=O)OC=C1CN=C(c2ccccc2Cl)c2cc(Br)ccc2N1. The molecule has 0 atom stereocenters. The summed E-state index contributed by atoms with van der Waals surface area (Å²) in [5.74, 6) is -0.375. The summed E-state index contributed by atoms with van der Waals surface area (Å²) < 4.78 is 5.91. The summed E-state index contributed by atoms with van der Waals surface area (Å²) in [6.45, 7) is 1.71. The van der Waals surface area contributed by atoms with Crippen LogP contribution in [0.1, 0.15) is 18.1 Å². The Balaban J connectivity index is 2.11. The summed E-state index contributed by atoms with van der Waals surface area (Å²) in [5, 5.41) is 3.90. The Labute approximate surface area is 153 Å². The second kappa shape index (κ2) is 7.20. The van der Waals surface area contributed by atoms with Gasteiger partial charge in [0.2, 0.25) is 0 Å². The molecule has 0 spiro atoms. The van der Waals surface area contributed by atoms with Crippen LogP contribution in [0.15, 0.2) is 63.9 Å². The van der Waals surface area contributed by atoms with Crippen LogP contribution in [-0.2, 0) is 9.53 Å². The van der Waals surface area contributed by atoms with Gasteiger partial charge in [0.15, 0.2) is 0 Å². The Kier molecular flexibility index (Phi) is 5.02. The first-order valence-electron chi connectivity index (χ1n) is 7.27. The standard InChI is InChI=1S/C18H14BrClN2O2/c1-11(23)24-10-13-9-21-18(14-4-2-3-5-16(14)20)15-8-12(19)6-7-17(15)22-13/h2-8,10,22H,9H2,1H3. The van der Waals surface area contributed by atoms with Gasteiger partial charge in [-0.1, -0.05) is 45.7 Å². The highest BCUT2D eigenvalue weighted by atomic mass is 79.9. The Hall–Kier alpha value is -2.11. The quantitative estimate of drug-likeness (QED) is 0.578. The number of nitrogens with one attached hydrogen (secondary N) is 1. The zero-order valence-corrected chi connectivity index (χ0v) is 15.2. The number of carbonyl (C=O) groups is 1. The number of carbonyl (C=O) groups excluding carboxylic acids is 1. The number of fused-ring (bicyclic) bond motifs is 1. The van der Waals surface area contributed by atoms with E-state index >= 15 is 0 Å². The molecule has 0 unspecified atom stereocenters. The summed E-state index contributed by atoms with van der Waals surface area (Å²) in [7, 11) is 0. The van der Waals surface area contributed by atoms with Crippen molar-refractivity contribution in [3.05, 3.63) is 75.0 Å². The van der Waals surface area contributed by atoms with E-state index in [0.717, 1.165) is 27.0 Å². The number of benzodiazepines with no additional fused rings is 1. The molecule has 1 N–H and O–H groups in total. The maximum atomic E-state index is 11.0. The number of rotatable bonds is 2. The molecule has 4 nitrogen and oxygen atoms in total. The van der Waals surface area contributed by atoms with Gasteiger partial charge in [-0.25, -0.2) is 0 Å². The average molecular weight is 406 g/mol. The van der Waals surface area contributed by atoms with Crippen molar-refractivity contribution in [1.82, 2.24) is 0 Å². The smallest absolute Gasteiger partial charge is 0.307 e. The van der Waals surface area contributed by atoms with Crippen molar-refractivity contribution in [2.75, 3.05) is 11.9 Å². The first-order chi connectivity index (χ1) is 11.5. The lowest BCUT2D eigenvalue weighted by atomic mass is 10.0. The third kappa shape index (κ3) is 3.68. The normalized spacial score (nSPS) is 15.1. The predicted octanol–water partition coefficient (Wildman–Crippen LogP) is 4.77. The fourth-order valence-corrected chi connectivity index (χ4v) is 2.97. The van der Waals surface area contributed by atoms with Gasteiger partial charge >= 0.3 is 5.97 Å². The Bertz CT molecular complexity index is 862. The average Bonchev–Trinajstić information content (AvgIpc) is 2.72. The van der Waals surface area contributed by atoms with E-state index in [1.54, 1.807) is 0 Å². The van der Waals surface area contributed by atoms with Crippen molar-refractivity contribution in [1.29, 1.82) is 0 Å². The summed E-state index contributed by atoms with van der Waals surface area (Å²) >= 11 is 9.86. The topological polar surface area (TPSA) is 50.7 Å². The molecule has 0 bridgehead atoms. The second-order valence-electron chi connectivity index (χ2n) is 5.21. The Morgan fingerprint density at radius 1 is 1.29 bits per heavy atom. The van der Waals surface area contributed by atoms with Crippen LogP contribution in [0, 0.1) is 0 Å². The highest BCUT2D eigenvalue weighted by Gasteiger charge is 2.19. The Morgan fingerprint density at radius 2 is 2.08 bits per heavy atom. The fourth-order valence-electron chi connectivity index (χ4n) is 2.39. The van der Waals surface area contributed by atoms with Gasteiger partial charge in [0.25, 0.3) is 0 Å². The number of hydrogen-bond acceptors (Lipinski definition) is 4. The van der Waals surface area contributed by atoms with Gasteiger partial charge in [0.1, 0.15) is 6.26 Å². The first-order valence-corrected chi connectivity index (χ1v) is 8.44. The third-order valence-electron chi connectivity index (χ3n) is 3.44. The minimum Gasteiger partial charge on any atom is -0.433 e. The van der Waals surface area contributed by atoms with E-state index in [1.165, 1.54) is 13.2 Å². The van der Waals surface area contributed by atoms with Crippen molar-refractivity contribution in [3.63, 3.8) is 0 Å². The summed E-state index contributed by atoms with van der Waals surface area (Å²) in [6, 6.07) is 13.4. The zero-order valence-electron chi connectivity index (χ0n) is 12.8. The van der Waals surface area contributed by atoms with Crippen molar-refractivity contribution in [2.24, 2.45) is 4.99 Å². The van der Waals surface area contributed by atoms with E-state index in [4.69, 9.17) is 16.3 Å². The van der Waals surface area contributed by atoms with Gasteiger partial charge in [-0.05, 0) is 24.3 Å². The van der Waals surface area contributed by atoms with Gasteiger partial charge in [-0.15, -0.1) is 0 Å². The number of anilines is 1. The first kappa shape index (κ1) is 16.7. The summed E-state index contributed by atoms with van der Waals surface area (Å²) in [4.78, 5) is 15.7. The van der Waals surface area contributed by atoms with Crippen molar-refractivity contribution in [3.8, 4) is 0 Å². The predicted molar refractivity (Wildman–Crippen MR) is 99.6 cm³/mol. The van der Waals surface area contributed by atoms with E-state index < -0.39 is 0 Å². The van der Waals surface area contributed by atoms with E-state index in [9.17, 15) is 4.79 Å². The van der Waals surface area contributed by atoms with Gasteiger partial charge in [-0.3, -0.25) is 9.79 Å². The molecule has 6 heteroatoms. The Morgan fingerprint density at radius 3 is 2.83 bits per heavy atom. The van der Waals surface area contributed by atoms with Gasteiger partial charge in [0.05, 0.1) is 18.0 Å². The monoisotopic (exact) mass is 404 g/mol. The summed E-state index contributed by atoms with van der Waals surface area (Å²) in [5.41, 5.74) is 4.12. The molecule has 1 aliphatic rings. The lowest BCUT2D eigenvalue weighted by Crippen LogP contribution is -2.06. The molecule has 1 heterocycles. The second-order valence-corrected chi connectivity index (χ2v) is 6.53. The largest absolute Gasteiger partial charge is 0.433 e. The van der Waals surface area contributed by atoms with Crippen LogP contribution in [0.2, 0.25) is 5.02 Å². The third-order valence-corrected chi connectivity index (χ3v) is 4.26. The molecule has 0 saturated heterocycles. The molecule has 0 amide bonds. The molecule has 1 aliphatic heterocycles. The van der Waals surface area contributed by atoms with Crippen molar-refractivity contribution in [2.45, 2.75) is 6.92 Å². The van der Waals surface area contributed by atoms with E-state index in [0.29, 0.717) is 17.3 Å². The fraction of sp³-hybridized carbons (Fsp3) is 0.111. The lowest BCUT2D eigenvalue weighted by molar-refractivity contribution is -0.135. The van der Waals surface area contributed by atoms with Gasteiger partial charge < -0.3 is 10.1 Å². The van der Waals surface area contributed by atoms with Crippen LogP contribution in [0.5, 0.6) is 0 Å². The van der Waals surface area contributed by atoms with E-state index in [1.807, 2.05) is 42.5 Å². The zero-order chi connectivity index (χ0) is 17.1. The highest BCUT2D eigenvalue weighted by Crippen LogP contribution is 2.30. The van der Waals surface area contributed by atoms with Gasteiger partial charge in [0, 0.05) is 33.2 Å². The molecular weight excluding hydrogens is 392 g/mol. The van der Waals surface area contributed by atoms with Crippen LogP contribution in [0.4, 0.5) is 5.69 Å². The van der Waals surface area contributed by atoms with Crippen LogP contribution in [-0.4, -0.2) is 18.2 Å². The molecular formula is C18H14BrClN2O2. The number of benzene rings is 2. The number of esters is 1. The van der Waals surface area contributed by atoms with Crippen molar-refractivity contribution >= 4 is 44.9 Å². The molecule has 0 fully saturated rings. The molecule has 3 rings (SSSR count). The maximum absolute atomic E-state index is 11.0. The molecule has 0 radical (unpaired) electrons.